The van der Waals surface area contributed by atoms with Crippen LogP contribution in [0.2, 0.25) is 0 Å². The summed E-state index contributed by atoms with van der Waals surface area (Å²) in [6.07, 6.45) is 1.41. The highest BCUT2D eigenvalue weighted by Gasteiger charge is 2.20. The first-order chi connectivity index (χ1) is 6.31. The lowest BCUT2D eigenvalue weighted by Crippen LogP contribution is -2.25. The standard InChI is InChI=1S/C9H15N3O2/c1-9(2,3)14-7(13)6-5-11-8(10)12(6)4/h5H,1-4H3,(H2,10,11). The molecule has 2 N–H and O–H groups in total. The first kappa shape index (κ1) is 10.6. The van der Waals surface area contributed by atoms with Crippen LogP contribution in [0.4, 0.5) is 5.95 Å². The van der Waals surface area contributed by atoms with Crippen LogP contribution in [0.25, 0.3) is 0 Å². The lowest BCUT2D eigenvalue weighted by atomic mass is 10.2. The second kappa shape index (κ2) is 3.32. The minimum absolute atomic E-state index is 0.297. The van der Waals surface area contributed by atoms with E-state index in [9.17, 15) is 4.79 Å². The van der Waals surface area contributed by atoms with Crippen LogP contribution < -0.4 is 5.73 Å². The number of nitrogens with two attached hydrogens (primary N) is 1. The van der Waals surface area contributed by atoms with Gasteiger partial charge in [-0.2, -0.15) is 0 Å². The molecule has 0 aliphatic carbocycles. The first-order valence-corrected chi connectivity index (χ1v) is 4.32. The van der Waals surface area contributed by atoms with E-state index in [4.69, 9.17) is 10.5 Å². The van der Waals surface area contributed by atoms with Gasteiger partial charge in [-0.05, 0) is 20.8 Å². The largest absolute Gasteiger partial charge is 0.455 e. The number of carbonyl (C=O) groups is 1. The topological polar surface area (TPSA) is 70.1 Å². The molecule has 0 saturated heterocycles. The number of carbonyl (C=O) groups excluding carboxylic acids is 1. The van der Waals surface area contributed by atoms with E-state index in [-0.39, 0.29) is 0 Å². The quantitative estimate of drug-likeness (QED) is 0.681. The summed E-state index contributed by atoms with van der Waals surface area (Å²) in [5, 5.41) is 0. The smallest absolute Gasteiger partial charge is 0.357 e. The minimum atomic E-state index is -0.504. The molecule has 0 aliphatic heterocycles. The summed E-state index contributed by atoms with van der Waals surface area (Å²) in [6, 6.07) is 0. The predicted molar refractivity (Wildman–Crippen MR) is 52.8 cm³/mol. The number of ether oxygens (including phenoxy) is 1. The molecule has 5 nitrogen and oxygen atoms in total. The lowest BCUT2D eigenvalue weighted by molar-refractivity contribution is 0.00591. The Morgan fingerprint density at radius 2 is 2.14 bits per heavy atom. The van der Waals surface area contributed by atoms with Crippen LogP contribution >= 0.6 is 0 Å². The molecule has 0 saturated carbocycles. The van der Waals surface area contributed by atoms with Gasteiger partial charge in [0.05, 0.1) is 6.20 Å². The molecule has 0 spiro atoms. The van der Waals surface area contributed by atoms with E-state index in [1.807, 2.05) is 20.8 Å². The molecule has 0 radical (unpaired) electrons. The van der Waals surface area contributed by atoms with Crippen molar-refractivity contribution in [2.24, 2.45) is 7.05 Å². The number of imidazole rings is 1. The maximum atomic E-state index is 11.6. The molecule has 14 heavy (non-hydrogen) atoms. The third-order valence-electron chi connectivity index (χ3n) is 1.63. The van der Waals surface area contributed by atoms with Gasteiger partial charge >= 0.3 is 5.97 Å². The SMILES string of the molecule is Cn1c(C(=O)OC(C)(C)C)cnc1N. The van der Waals surface area contributed by atoms with E-state index in [1.165, 1.54) is 10.8 Å². The number of esters is 1. The van der Waals surface area contributed by atoms with Crippen LogP contribution in [0.3, 0.4) is 0 Å². The fourth-order valence-electron chi connectivity index (χ4n) is 0.944. The summed E-state index contributed by atoms with van der Waals surface area (Å²) in [7, 11) is 1.67. The molecule has 0 aliphatic rings. The van der Waals surface area contributed by atoms with Crippen molar-refractivity contribution >= 4 is 11.9 Å². The molecule has 1 aromatic heterocycles. The van der Waals surface area contributed by atoms with Crippen molar-refractivity contribution in [2.45, 2.75) is 26.4 Å². The molecule has 0 fully saturated rings. The lowest BCUT2D eigenvalue weighted by Gasteiger charge is -2.19. The van der Waals surface area contributed by atoms with Gasteiger partial charge in [0, 0.05) is 7.05 Å². The molecule has 0 aromatic carbocycles. The van der Waals surface area contributed by atoms with Crippen LogP contribution in [0.15, 0.2) is 6.20 Å². The van der Waals surface area contributed by atoms with Crippen molar-refractivity contribution in [3.8, 4) is 0 Å². The zero-order valence-electron chi connectivity index (χ0n) is 8.87. The Labute approximate surface area is 82.9 Å². The van der Waals surface area contributed by atoms with E-state index in [1.54, 1.807) is 7.05 Å². The van der Waals surface area contributed by atoms with Gasteiger partial charge in [0.2, 0.25) is 5.95 Å². The zero-order chi connectivity index (χ0) is 10.9. The number of aromatic nitrogens is 2. The molecule has 5 heteroatoms. The van der Waals surface area contributed by atoms with Gasteiger partial charge in [0.25, 0.3) is 0 Å². The van der Waals surface area contributed by atoms with E-state index in [0.29, 0.717) is 11.6 Å². The minimum Gasteiger partial charge on any atom is -0.455 e. The number of rotatable bonds is 1. The van der Waals surface area contributed by atoms with E-state index < -0.39 is 11.6 Å². The number of hydrogen-bond donors (Lipinski definition) is 1. The van der Waals surface area contributed by atoms with Crippen molar-refractivity contribution in [3.05, 3.63) is 11.9 Å². The predicted octanol–water partition coefficient (Wildman–Crippen LogP) is 0.958. The number of hydrogen-bond acceptors (Lipinski definition) is 4. The Morgan fingerprint density at radius 3 is 2.50 bits per heavy atom. The van der Waals surface area contributed by atoms with Crippen molar-refractivity contribution in [1.82, 2.24) is 9.55 Å². The molecule has 0 amide bonds. The molecule has 0 unspecified atom stereocenters. The van der Waals surface area contributed by atoms with Crippen LogP contribution in [-0.2, 0) is 11.8 Å². The van der Waals surface area contributed by atoms with Crippen molar-refractivity contribution in [2.75, 3.05) is 5.73 Å². The highest BCUT2D eigenvalue weighted by atomic mass is 16.6. The van der Waals surface area contributed by atoms with Crippen LogP contribution in [0.5, 0.6) is 0 Å². The van der Waals surface area contributed by atoms with Crippen molar-refractivity contribution in [1.29, 1.82) is 0 Å². The van der Waals surface area contributed by atoms with Crippen LogP contribution in [-0.4, -0.2) is 21.1 Å². The highest BCUT2D eigenvalue weighted by Crippen LogP contribution is 2.12. The molecular weight excluding hydrogens is 182 g/mol. The van der Waals surface area contributed by atoms with Gasteiger partial charge in [-0.1, -0.05) is 0 Å². The maximum absolute atomic E-state index is 11.6. The molecule has 0 bridgehead atoms. The summed E-state index contributed by atoms with van der Waals surface area (Å²) < 4.78 is 6.66. The summed E-state index contributed by atoms with van der Waals surface area (Å²) in [6.45, 7) is 5.43. The Balaban J connectivity index is 2.86. The van der Waals surface area contributed by atoms with E-state index >= 15 is 0 Å². The Hall–Kier alpha value is -1.52. The van der Waals surface area contributed by atoms with Gasteiger partial charge in [0.15, 0.2) is 0 Å². The summed E-state index contributed by atoms with van der Waals surface area (Å²) >= 11 is 0. The normalized spacial score (nSPS) is 11.4. The van der Waals surface area contributed by atoms with Crippen LogP contribution in [0, 0.1) is 0 Å². The van der Waals surface area contributed by atoms with Gasteiger partial charge in [0.1, 0.15) is 11.3 Å². The third-order valence-corrected chi connectivity index (χ3v) is 1.63. The molecular formula is C9H15N3O2. The Morgan fingerprint density at radius 1 is 1.57 bits per heavy atom. The average molecular weight is 197 g/mol. The average Bonchev–Trinajstić information content (AvgIpc) is 2.29. The second-order valence-electron chi connectivity index (χ2n) is 4.06. The van der Waals surface area contributed by atoms with E-state index in [2.05, 4.69) is 4.98 Å². The summed E-state index contributed by atoms with van der Waals surface area (Å²) in [5.41, 5.74) is 5.34. The fraction of sp³-hybridized carbons (Fsp3) is 0.556. The van der Waals surface area contributed by atoms with E-state index in [0.717, 1.165) is 0 Å². The highest BCUT2D eigenvalue weighted by molar-refractivity contribution is 5.88. The monoisotopic (exact) mass is 197 g/mol. The van der Waals surface area contributed by atoms with Crippen LogP contribution in [0.1, 0.15) is 31.3 Å². The maximum Gasteiger partial charge on any atom is 0.357 e. The van der Waals surface area contributed by atoms with Gasteiger partial charge in [-0.25, -0.2) is 9.78 Å². The van der Waals surface area contributed by atoms with Gasteiger partial charge < -0.3 is 15.0 Å². The Kier molecular flexibility index (Phi) is 2.51. The Bertz CT molecular complexity index is 349. The van der Waals surface area contributed by atoms with Gasteiger partial charge in [-0.3, -0.25) is 0 Å². The second-order valence-corrected chi connectivity index (χ2v) is 4.06. The zero-order valence-corrected chi connectivity index (χ0v) is 8.87. The number of nitrogen functional groups attached to an aromatic ring is 1. The molecule has 78 valence electrons. The number of anilines is 1. The molecule has 1 aromatic rings. The summed E-state index contributed by atoms with van der Waals surface area (Å²) in [4.78, 5) is 15.4. The summed E-state index contributed by atoms with van der Waals surface area (Å²) in [5.74, 6) is -0.116. The third kappa shape index (κ3) is 2.25. The van der Waals surface area contributed by atoms with Crippen molar-refractivity contribution < 1.29 is 9.53 Å². The van der Waals surface area contributed by atoms with Gasteiger partial charge in [-0.15, -0.1) is 0 Å². The first-order valence-electron chi connectivity index (χ1n) is 4.32. The fourth-order valence-corrected chi connectivity index (χ4v) is 0.944. The molecule has 1 rings (SSSR count). The molecule has 1 heterocycles. The molecule has 0 atom stereocenters. The number of nitrogens with zero attached hydrogens (tertiary/aromatic N) is 2. The van der Waals surface area contributed by atoms with Crippen molar-refractivity contribution in [3.63, 3.8) is 0 Å².